The maximum absolute atomic E-state index is 10.4. The maximum Gasteiger partial charge on any atom is 0.173 e. The minimum Gasteiger partial charge on any atom is -0.347 e. The molecule has 0 amide bonds. The van der Waals surface area contributed by atoms with Gasteiger partial charge in [0.2, 0.25) is 0 Å². The summed E-state index contributed by atoms with van der Waals surface area (Å²) in [6, 6.07) is 0. The first kappa shape index (κ1) is 10.1. The standard InChI is InChI=1S/C11H18O3/c1-10(5-3-7-12)4-2-6-11(10)13-8-9-14-11/h7H,2-6,8-9H2,1H3/t10-/m0/s1. The summed E-state index contributed by atoms with van der Waals surface area (Å²) >= 11 is 0. The summed E-state index contributed by atoms with van der Waals surface area (Å²) in [5, 5.41) is 0. The molecule has 0 aromatic rings. The first-order valence-corrected chi connectivity index (χ1v) is 5.44. The van der Waals surface area contributed by atoms with Gasteiger partial charge in [-0.3, -0.25) is 0 Å². The van der Waals surface area contributed by atoms with Crippen LogP contribution in [0.15, 0.2) is 0 Å². The van der Waals surface area contributed by atoms with Gasteiger partial charge in [-0.25, -0.2) is 0 Å². The summed E-state index contributed by atoms with van der Waals surface area (Å²) in [5.74, 6) is -0.365. The maximum atomic E-state index is 10.4. The molecule has 2 fully saturated rings. The lowest BCUT2D eigenvalue weighted by Gasteiger charge is -2.38. The van der Waals surface area contributed by atoms with E-state index in [-0.39, 0.29) is 11.2 Å². The van der Waals surface area contributed by atoms with Crippen molar-refractivity contribution < 1.29 is 14.3 Å². The van der Waals surface area contributed by atoms with E-state index in [1.807, 2.05) is 0 Å². The molecule has 1 saturated carbocycles. The van der Waals surface area contributed by atoms with Gasteiger partial charge in [0.15, 0.2) is 5.79 Å². The van der Waals surface area contributed by atoms with Crippen LogP contribution in [0.1, 0.15) is 39.0 Å². The molecule has 3 nitrogen and oxygen atoms in total. The zero-order chi connectivity index (χ0) is 10.1. The van der Waals surface area contributed by atoms with Crippen LogP contribution in [0.2, 0.25) is 0 Å². The highest BCUT2D eigenvalue weighted by Gasteiger charge is 2.55. The first-order chi connectivity index (χ1) is 6.72. The number of hydrogen-bond acceptors (Lipinski definition) is 3. The quantitative estimate of drug-likeness (QED) is 0.650. The van der Waals surface area contributed by atoms with Crippen LogP contribution in [0, 0.1) is 5.41 Å². The summed E-state index contributed by atoms with van der Waals surface area (Å²) < 4.78 is 11.6. The summed E-state index contributed by atoms with van der Waals surface area (Å²) in [5.41, 5.74) is 0.0460. The van der Waals surface area contributed by atoms with Gasteiger partial charge in [-0.05, 0) is 19.3 Å². The van der Waals surface area contributed by atoms with E-state index in [0.717, 1.165) is 32.0 Å². The number of ether oxygens (including phenoxy) is 2. The fourth-order valence-electron chi connectivity index (χ4n) is 2.84. The lowest BCUT2D eigenvalue weighted by atomic mass is 9.79. The Morgan fingerprint density at radius 3 is 2.64 bits per heavy atom. The van der Waals surface area contributed by atoms with Crippen LogP contribution in [-0.4, -0.2) is 25.3 Å². The third-order valence-corrected chi connectivity index (χ3v) is 3.72. The van der Waals surface area contributed by atoms with E-state index in [9.17, 15) is 4.79 Å². The average Bonchev–Trinajstić information content (AvgIpc) is 2.75. The highest BCUT2D eigenvalue weighted by molar-refractivity contribution is 5.49. The Balaban J connectivity index is 2.11. The molecule has 3 heteroatoms. The average molecular weight is 198 g/mol. The van der Waals surface area contributed by atoms with E-state index < -0.39 is 0 Å². The molecule has 1 atom stereocenters. The molecule has 1 aliphatic carbocycles. The van der Waals surface area contributed by atoms with Crippen LogP contribution in [0.25, 0.3) is 0 Å². The second-order valence-electron chi connectivity index (χ2n) is 4.57. The largest absolute Gasteiger partial charge is 0.347 e. The Labute approximate surface area is 84.8 Å². The molecule has 80 valence electrons. The van der Waals surface area contributed by atoms with E-state index in [0.29, 0.717) is 19.6 Å². The van der Waals surface area contributed by atoms with Crippen molar-refractivity contribution in [3.8, 4) is 0 Å². The zero-order valence-electron chi connectivity index (χ0n) is 8.75. The van der Waals surface area contributed by atoms with Crippen LogP contribution in [0.3, 0.4) is 0 Å². The smallest absolute Gasteiger partial charge is 0.173 e. The molecule has 0 unspecified atom stereocenters. The van der Waals surface area contributed by atoms with Crippen LogP contribution >= 0.6 is 0 Å². The minimum absolute atomic E-state index is 0.0460. The molecular formula is C11H18O3. The molecule has 0 radical (unpaired) electrons. The second kappa shape index (κ2) is 3.63. The Hall–Kier alpha value is -0.410. The predicted octanol–water partition coefficient (Wildman–Crippen LogP) is 1.90. The van der Waals surface area contributed by atoms with Gasteiger partial charge in [0.1, 0.15) is 6.29 Å². The molecule has 2 aliphatic rings. The van der Waals surface area contributed by atoms with Gasteiger partial charge < -0.3 is 14.3 Å². The molecule has 14 heavy (non-hydrogen) atoms. The van der Waals surface area contributed by atoms with E-state index >= 15 is 0 Å². The summed E-state index contributed by atoms with van der Waals surface area (Å²) in [7, 11) is 0. The van der Waals surface area contributed by atoms with Crippen LogP contribution in [-0.2, 0) is 14.3 Å². The number of carbonyl (C=O) groups excluding carboxylic acids is 1. The Morgan fingerprint density at radius 1 is 1.29 bits per heavy atom. The van der Waals surface area contributed by atoms with Crippen LogP contribution in [0.5, 0.6) is 0 Å². The zero-order valence-corrected chi connectivity index (χ0v) is 8.75. The van der Waals surface area contributed by atoms with Gasteiger partial charge in [-0.15, -0.1) is 0 Å². The summed E-state index contributed by atoms with van der Waals surface area (Å²) in [6.07, 6.45) is 5.74. The second-order valence-corrected chi connectivity index (χ2v) is 4.57. The van der Waals surface area contributed by atoms with Crippen LogP contribution in [0.4, 0.5) is 0 Å². The molecule has 1 aliphatic heterocycles. The first-order valence-electron chi connectivity index (χ1n) is 5.44. The van der Waals surface area contributed by atoms with Gasteiger partial charge >= 0.3 is 0 Å². The molecular weight excluding hydrogens is 180 g/mol. The van der Waals surface area contributed by atoms with Gasteiger partial charge in [0, 0.05) is 18.3 Å². The molecule has 2 rings (SSSR count). The Bertz CT molecular complexity index is 215. The lowest BCUT2D eigenvalue weighted by Crippen LogP contribution is -2.43. The van der Waals surface area contributed by atoms with Crippen molar-refractivity contribution in [3.05, 3.63) is 0 Å². The Morgan fingerprint density at radius 2 is 2.00 bits per heavy atom. The van der Waals surface area contributed by atoms with E-state index in [1.54, 1.807) is 0 Å². The Kier molecular flexibility index (Phi) is 2.62. The van der Waals surface area contributed by atoms with E-state index in [4.69, 9.17) is 9.47 Å². The summed E-state index contributed by atoms with van der Waals surface area (Å²) in [6.45, 7) is 3.60. The van der Waals surface area contributed by atoms with Crippen molar-refractivity contribution in [1.29, 1.82) is 0 Å². The van der Waals surface area contributed by atoms with E-state index in [1.165, 1.54) is 0 Å². The normalized spacial score (nSPS) is 35.2. The lowest BCUT2D eigenvalue weighted by molar-refractivity contribution is -0.218. The number of carbonyl (C=O) groups is 1. The number of aldehydes is 1. The van der Waals surface area contributed by atoms with Crippen molar-refractivity contribution in [2.45, 2.75) is 44.8 Å². The number of rotatable bonds is 3. The molecule has 0 aromatic carbocycles. The topological polar surface area (TPSA) is 35.5 Å². The van der Waals surface area contributed by atoms with Crippen molar-refractivity contribution in [2.24, 2.45) is 5.41 Å². The highest BCUT2D eigenvalue weighted by atomic mass is 16.7. The third-order valence-electron chi connectivity index (χ3n) is 3.72. The monoisotopic (exact) mass is 198 g/mol. The van der Waals surface area contributed by atoms with Crippen molar-refractivity contribution in [1.82, 2.24) is 0 Å². The van der Waals surface area contributed by atoms with Crippen LogP contribution < -0.4 is 0 Å². The number of hydrogen-bond donors (Lipinski definition) is 0. The van der Waals surface area contributed by atoms with E-state index in [2.05, 4.69) is 6.92 Å². The highest BCUT2D eigenvalue weighted by Crippen LogP contribution is 2.53. The molecule has 1 spiro atoms. The molecule has 0 aromatic heterocycles. The molecule has 1 heterocycles. The van der Waals surface area contributed by atoms with Gasteiger partial charge in [0.25, 0.3) is 0 Å². The molecule has 1 saturated heterocycles. The summed E-state index contributed by atoms with van der Waals surface area (Å²) in [4.78, 5) is 10.4. The van der Waals surface area contributed by atoms with Gasteiger partial charge in [-0.1, -0.05) is 6.92 Å². The van der Waals surface area contributed by atoms with Gasteiger partial charge in [0.05, 0.1) is 13.2 Å². The third kappa shape index (κ3) is 1.39. The van der Waals surface area contributed by atoms with Gasteiger partial charge in [-0.2, -0.15) is 0 Å². The van der Waals surface area contributed by atoms with Crippen molar-refractivity contribution >= 4 is 6.29 Å². The SMILES string of the molecule is C[C@@]1(CCC=O)CCCC12OCCO2. The van der Waals surface area contributed by atoms with Crippen molar-refractivity contribution in [2.75, 3.05) is 13.2 Å². The predicted molar refractivity (Wildman–Crippen MR) is 51.9 cm³/mol. The molecule has 0 N–H and O–H groups in total. The molecule has 0 bridgehead atoms. The van der Waals surface area contributed by atoms with Crippen molar-refractivity contribution in [3.63, 3.8) is 0 Å². The fraction of sp³-hybridized carbons (Fsp3) is 0.909. The fourth-order valence-corrected chi connectivity index (χ4v) is 2.84. The minimum atomic E-state index is -0.365.